The van der Waals surface area contributed by atoms with Crippen molar-refractivity contribution in [3.63, 3.8) is 0 Å². The van der Waals surface area contributed by atoms with Crippen molar-refractivity contribution in [2.75, 3.05) is 5.32 Å². The van der Waals surface area contributed by atoms with Gasteiger partial charge in [0.1, 0.15) is 0 Å². The number of hydrogen-bond acceptors (Lipinski definition) is 2. The molecule has 4 heteroatoms. The molecule has 2 aromatic rings. The lowest BCUT2D eigenvalue weighted by Gasteiger charge is -2.07. The lowest BCUT2D eigenvalue weighted by Crippen LogP contribution is -2.00. The highest BCUT2D eigenvalue weighted by Gasteiger charge is 2.00. The van der Waals surface area contributed by atoms with E-state index in [-0.39, 0.29) is 0 Å². The van der Waals surface area contributed by atoms with Crippen LogP contribution in [-0.4, -0.2) is 10.2 Å². The van der Waals surface area contributed by atoms with E-state index in [4.69, 9.17) is 11.6 Å². The summed E-state index contributed by atoms with van der Waals surface area (Å²) >= 11 is 6.05. The maximum Gasteiger partial charge on any atom is 0.0637 e. The van der Waals surface area contributed by atoms with Gasteiger partial charge in [-0.3, -0.25) is 5.10 Å². The molecular weight excluding hydrogens is 210 g/mol. The van der Waals surface area contributed by atoms with Gasteiger partial charge in [-0.05, 0) is 30.7 Å². The molecule has 0 spiro atoms. The molecule has 78 valence electrons. The summed E-state index contributed by atoms with van der Waals surface area (Å²) in [4.78, 5) is 0. The molecule has 0 saturated heterocycles. The van der Waals surface area contributed by atoms with Crippen molar-refractivity contribution < 1.29 is 0 Å². The Morgan fingerprint density at radius 3 is 3.00 bits per heavy atom. The minimum atomic E-state index is 0.698. The molecule has 0 aliphatic rings. The van der Waals surface area contributed by atoms with Gasteiger partial charge in [0.15, 0.2) is 0 Å². The Hall–Kier alpha value is -1.48. The number of hydrogen-bond donors (Lipinski definition) is 2. The SMILES string of the molecule is Cc1ccc(Cl)c(NCc2ccn[nH]2)c1. The highest BCUT2D eigenvalue weighted by atomic mass is 35.5. The topological polar surface area (TPSA) is 40.7 Å². The normalized spacial score (nSPS) is 10.3. The smallest absolute Gasteiger partial charge is 0.0637 e. The Kier molecular flexibility index (Phi) is 2.92. The second-order valence-corrected chi connectivity index (χ2v) is 3.83. The number of rotatable bonds is 3. The number of H-pyrrole nitrogens is 1. The summed E-state index contributed by atoms with van der Waals surface area (Å²) in [6, 6.07) is 7.84. The number of aromatic amines is 1. The number of aryl methyl sites for hydroxylation is 1. The maximum atomic E-state index is 6.05. The Morgan fingerprint density at radius 1 is 1.40 bits per heavy atom. The summed E-state index contributed by atoms with van der Waals surface area (Å²) in [5.74, 6) is 0. The van der Waals surface area contributed by atoms with Gasteiger partial charge in [0, 0.05) is 6.20 Å². The third-order valence-corrected chi connectivity index (χ3v) is 2.48. The van der Waals surface area contributed by atoms with Crippen molar-refractivity contribution in [2.45, 2.75) is 13.5 Å². The number of anilines is 1. The Labute approximate surface area is 93.5 Å². The van der Waals surface area contributed by atoms with E-state index < -0.39 is 0 Å². The fourth-order valence-electron chi connectivity index (χ4n) is 1.35. The van der Waals surface area contributed by atoms with Crippen LogP contribution in [0.1, 0.15) is 11.3 Å². The Balaban J connectivity index is 2.07. The molecule has 0 bridgehead atoms. The summed E-state index contributed by atoms with van der Waals surface area (Å²) in [7, 11) is 0. The number of nitrogens with one attached hydrogen (secondary N) is 2. The van der Waals surface area contributed by atoms with Crippen LogP contribution in [0.4, 0.5) is 5.69 Å². The molecule has 0 aliphatic heterocycles. The van der Waals surface area contributed by atoms with E-state index in [1.807, 2.05) is 31.2 Å². The van der Waals surface area contributed by atoms with E-state index in [0.29, 0.717) is 6.54 Å². The zero-order valence-corrected chi connectivity index (χ0v) is 9.17. The van der Waals surface area contributed by atoms with Crippen LogP contribution < -0.4 is 5.32 Å². The molecule has 3 nitrogen and oxygen atoms in total. The van der Waals surface area contributed by atoms with Crippen LogP contribution in [0, 0.1) is 6.92 Å². The third kappa shape index (κ3) is 2.50. The van der Waals surface area contributed by atoms with Crippen molar-refractivity contribution in [3.8, 4) is 0 Å². The molecule has 2 N–H and O–H groups in total. The molecule has 1 aromatic carbocycles. The van der Waals surface area contributed by atoms with E-state index in [9.17, 15) is 0 Å². The van der Waals surface area contributed by atoms with Crippen LogP contribution in [0.5, 0.6) is 0 Å². The third-order valence-electron chi connectivity index (χ3n) is 2.15. The summed E-state index contributed by atoms with van der Waals surface area (Å²) in [5.41, 5.74) is 3.17. The summed E-state index contributed by atoms with van der Waals surface area (Å²) in [5, 5.41) is 10.8. The number of aromatic nitrogens is 2. The first-order valence-corrected chi connectivity index (χ1v) is 5.12. The van der Waals surface area contributed by atoms with Crippen molar-refractivity contribution in [1.29, 1.82) is 0 Å². The zero-order chi connectivity index (χ0) is 10.7. The van der Waals surface area contributed by atoms with E-state index in [1.54, 1.807) is 6.20 Å². The zero-order valence-electron chi connectivity index (χ0n) is 8.42. The van der Waals surface area contributed by atoms with Gasteiger partial charge in [-0.25, -0.2) is 0 Å². The standard InChI is InChI=1S/C11H12ClN3/c1-8-2-3-10(12)11(6-8)13-7-9-4-5-14-15-9/h2-6,13H,7H2,1H3,(H,14,15). The molecule has 0 saturated carbocycles. The number of benzene rings is 1. The highest BCUT2D eigenvalue weighted by molar-refractivity contribution is 6.33. The van der Waals surface area contributed by atoms with Crippen molar-refractivity contribution >= 4 is 17.3 Å². The van der Waals surface area contributed by atoms with E-state index in [0.717, 1.165) is 16.4 Å². The van der Waals surface area contributed by atoms with Crippen molar-refractivity contribution in [2.24, 2.45) is 0 Å². The lowest BCUT2D eigenvalue weighted by atomic mass is 10.2. The van der Waals surface area contributed by atoms with E-state index in [1.165, 1.54) is 5.56 Å². The largest absolute Gasteiger partial charge is 0.378 e. The molecule has 0 atom stereocenters. The summed E-state index contributed by atoms with van der Waals surface area (Å²) in [6.07, 6.45) is 1.73. The molecule has 1 aromatic heterocycles. The summed E-state index contributed by atoms with van der Waals surface area (Å²) in [6.45, 7) is 2.74. The average molecular weight is 222 g/mol. The molecule has 0 aliphatic carbocycles. The van der Waals surface area contributed by atoms with E-state index in [2.05, 4.69) is 15.5 Å². The molecule has 0 amide bonds. The monoisotopic (exact) mass is 221 g/mol. The predicted molar refractivity (Wildman–Crippen MR) is 62.1 cm³/mol. The number of nitrogens with zero attached hydrogens (tertiary/aromatic N) is 1. The van der Waals surface area contributed by atoms with E-state index >= 15 is 0 Å². The molecule has 1 heterocycles. The minimum Gasteiger partial charge on any atom is -0.378 e. The highest BCUT2D eigenvalue weighted by Crippen LogP contribution is 2.22. The van der Waals surface area contributed by atoms with Crippen molar-refractivity contribution in [3.05, 3.63) is 46.7 Å². The van der Waals surface area contributed by atoms with Gasteiger partial charge >= 0.3 is 0 Å². The van der Waals surface area contributed by atoms with Gasteiger partial charge in [0.2, 0.25) is 0 Å². The average Bonchev–Trinajstić information content (AvgIpc) is 2.72. The van der Waals surface area contributed by atoms with Crippen LogP contribution >= 0.6 is 11.6 Å². The first kappa shape index (κ1) is 10.1. The second kappa shape index (κ2) is 4.36. The molecular formula is C11H12ClN3. The maximum absolute atomic E-state index is 6.05. The molecule has 0 radical (unpaired) electrons. The van der Waals surface area contributed by atoms with Crippen LogP contribution in [0.25, 0.3) is 0 Å². The first-order valence-electron chi connectivity index (χ1n) is 4.74. The van der Waals surface area contributed by atoms with Gasteiger partial charge in [0.05, 0.1) is 22.9 Å². The minimum absolute atomic E-state index is 0.698. The fraction of sp³-hybridized carbons (Fsp3) is 0.182. The first-order chi connectivity index (χ1) is 7.25. The molecule has 15 heavy (non-hydrogen) atoms. The fourth-order valence-corrected chi connectivity index (χ4v) is 1.53. The molecule has 2 rings (SSSR count). The lowest BCUT2D eigenvalue weighted by molar-refractivity contribution is 0.981. The van der Waals surface area contributed by atoms with Crippen molar-refractivity contribution in [1.82, 2.24) is 10.2 Å². The van der Waals surface area contributed by atoms with Gasteiger partial charge in [-0.15, -0.1) is 0 Å². The van der Waals surface area contributed by atoms with Crippen LogP contribution in [0.2, 0.25) is 5.02 Å². The number of halogens is 1. The quantitative estimate of drug-likeness (QED) is 0.837. The second-order valence-electron chi connectivity index (χ2n) is 3.42. The molecule has 0 unspecified atom stereocenters. The summed E-state index contributed by atoms with van der Waals surface area (Å²) < 4.78 is 0. The predicted octanol–water partition coefficient (Wildman–Crippen LogP) is 2.98. The molecule has 0 fully saturated rings. The Morgan fingerprint density at radius 2 is 2.27 bits per heavy atom. The van der Waals surface area contributed by atoms with Crippen LogP contribution in [0.15, 0.2) is 30.5 Å². The van der Waals surface area contributed by atoms with Gasteiger partial charge in [-0.1, -0.05) is 17.7 Å². The van der Waals surface area contributed by atoms with Gasteiger partial charge < -0.3 is 5.32 Å². The van der Waals surface area contributed by atoms with Crippen LogP contribution in [0.3, 0.4) is 0 Å². The Bertz CT molecular complexity index is 437. The van der Waals surface area contributed by atoms with Crippen LogP contribution in [-0.2, 0) is 6.54 Å². The van der Waals surface area contributed by atoms with Gasteiger partial charge in [0.25, 0.3) is 0 Å². The van der Waals surface area contributed by atoms with Gasteiger partial charge in [-0.2, -0.15) is 5.10 Å².